The van der Waals surface area contributed by atoms with E-state index >= 15 is 0 Å². The molecule has 0 spiro atoms. The second kappa shape index (κ2) is 9.15. The van der Waals surface area contributed by atoms with Crippen LogP contribution in [0, 0.1) is 11.6 Å². The number of thioether (sulfide) groups is 1. The monoisotopic (exact) mass is 335 g/mol. The quantitative estimate of drug-likeness (QED) is 0.368. The summed E-state index contributed by atoms with van der Waals surface area (Å²) < 4.78 is 25.9. The lowest BCUT2D eigenvalue weighted by molar-refractivity contribution is 0.624. The molecular formula is C17H19F2N3S. The van der Waals surface area contributed by atoms with E-state index in [9.17, 15) is 8.78 Å². The summed E-state index contributed by atoms with van der Waals surface area (Å²) in [6.07, 6.45) is 0. The predicted molar refractivity (Wildman–Crippen MR) is 91.7 cm³/mol. The Labute approximate surface area is 139 Å². The van der Waals surface area contributed by atoms with Crippen LogP contribution in [0.25, 0.3) is 0 Å². The van der Waals surface area contributed by atoms with E-state index in [1.807, 2.05) is 6.07 Å². The van der Waals surface area contributed by atoms with Crippen LogP contribution in [0.2, 0.25) is 0 Å². The highest BCUT2D eigenvalue weighted by Gasteiger charge is 2.00. The summed E-state index contributed by atoms with van der Waals surface area (Å²) in [7, 11) is 1.69. The van der Waals surface area contributed by atoms with Crippen molar-refractivity contribution in [3.05, 3.63) is 65.7 Å². The Morgan fingerprint density at radius 1 is 1.04 bits per heavy atom. The summed E-state index contributed by atoms with van der Waals surface area (Å²) in [5.74, 6) is 1.01. The molecule has 0 atom stereocenters. The van der Waals surface area contributed by atoms with Crippen molar-refractivity contribution < 1.29 is 8.78 Å². The van der Waals surface area contributed by atoms with Crippen molar-refractivity contribution in [3.8, 4) is 0 Å². The topological polar surface area (TPSA) is 36.4 Å². The third-order valence-corrected chi connectivity index (χ3v) is 4.06. The van der Waals surface area contributed by atoms with Crippen LogP contribution in [0.5, 0.6) is 0 Å². The zero-order chi connectivity index (χ0) is 16.5. The van der Waals surface area contributed by atoms with Gasteiger partial charge in [-0.25, -0.2) is 8.78 Å². The Kier molecular flexibility index (Phi) is 6.87. The average molecular weight is 335 g/mol. The third kappa shape index (κ3) is 6.28. The number of hydrogen-bond acceptors (Lipinski definition) is 2. The molecule has 0 aliphatic heterocycles. The van der Waals surface area contributed by atoms with Crippen molar-refractivity contribution in [1.29, 1.82) is 0 Å². The third-order valence-electron chi connectivity index (χ3n) is 3.05. The standard InChI is InChI=1S/C17H19F2N3S/c1-20-17(22-12-13-3-2-4-15(19)11-13)21-9-10-23-16-7-5-14(18)6-8-16/h2-8,11H,9-10,12H2,1H3,(H2,20,21,22). The SMILES string of the molecule is CN=C(NCCSc1ccc(F)cc1)NCc1cccc(F)c1. The smallest absolute Gasteiger partial charge is 0.191 e. The lowest BCUT2D eigenvalue weighted by Gasteiger charge is -2.12. The second-order valence-electron chi connectivity index (χ2n) is 4.78. The zero-order valence-corrected chi connectivity index (χ0v) is 13.7. The van der Waals surface area contributed by atoms with Gasteiger partial charge in [-0.15, -0.1) is 11.8 Å². The van der Waals surface area contributed by atoms with Crippen molar-refractivity contribution in [2.75, 3.05) is 19.3 Å². The highest BCUT2D eigenvalue weighted by molar-refractivity contribution is 7.99. The van der Waals surface area contributed by atoms with Gasteiger partial charge in [0.1, 0.15) is 11.6 Å². The molecular weight excluding hydrogens is 316 g/mol. The molecule has 122 valence electrons. The van der Waals surface area contributed by atoms with Gasteiger partial charge in [0.15, 0.2) is 5.96 Å². The minimum atomic E-state index is -0.247. The molecule has 0 aliphatic rings. The molecule has 0 fully saturated rings. The second-order valence-corrected chi connectivity index (χ2v) is 5.95. The number of aliphatic imine (C=N–C) groups is 1. The number of guanidine groups is 1. The number of nitrogens with zero attached hydrogens (tertiary/aromatic N) is 1. The molecule has 2 rings (SSSR count). The molecule has 0 aliphatic carbocycles. The molecule has 0 amide bonds. The van der Waals surface area contributed by atoms with E-state index in [1.54, 1.807) is 37.0 Å². The van der Waals surface area contributed by atoms with Crippen LogP contribution >= 0.6 is 11.8 Å². The molecule has 0 heterocycles. The van der Waals surface area contributed by atoms with Gasteiger partial charge in [-0.05, 0) is 42.0 Å². The fourth-order valence-corrected chi connectivity index (χ4v) is 2.69. The van der Waals surface area contributed by atoms with Crippen LogP contribution in [0.4, 0.5) is 8.78 Å². The first-order valence-electron chi connectivity index (χ1n) is 7.24. The maximum absolute atomic E-state index is 13.1. The van der Waals surface area contributed by atoms with Crippen LogP contribution in [-0.2, 0) is 6.54 Å². The molecule has 2 N–H and O–H groups in total. The van der Waals surface area contributed by atoms with E-state index in [0.29, 0.717) is 19.0 Å². The minimum Gasteiger partial charge on any atom is -0.356 e. The van der Waals surface area contributed by atoms with Crippen molar-refractivity contribution >= 4 is 17.7 Å². The molecule has 0 unspecified atom stereocenters. The Balaban J connectivity index is 1.69. The Morgan fingerprint density at radius 2 is 1.83 bits per heavy atom. The van der Waals surface area contributed by atoms with E-state index in [2.05, 4.69) is 15.6 Å². The van der Waals surface area contributed by atoms with E-state index in [-0.39, 0.29) is 11.6 Å². The van der Waals surface area contributed by atoms with Gasteiger partial charge in [-0.1, -0.05) is 12.1 Å². The summed E-state index contributed by atoms with van der Waals surface area (Å²) in [6.45, 7) is 1.22. The lowest BCUT2D eigenvalue weighted by atomic mass is 10.2. The lowest BCUT2D eigenvalue weighted by Crippen LogP contribution is -2.37. The van der Waals surface area contributed by atoms with Gasteiger partial charge < -0.3 is 10.6 Å². The number of benzene rings is 2. The highest BCUT2D eigenvalue weighted by Crippen LogP contribution is 2.17. The number of hydrogen-bond donors (Lipinski definition) is 2. The van der Waals surface area contributed by atoms with Crippen LogP contribution in [0.1, 0.15) is 5.56 Å². The summed E-state index contributed by atoms with van der Waals surface area (Å²) in [5.41, 5.74) is 0.855. The zero-order valence-electron chi connectivity index (χ0n) is 12.9. The molecule has 0 saturated heterocycles. The van der Waals surface area contributed by atoms with Gasteiger partial charge in [-0.2, -0.15) is 0 Å². The summed E-state index contributed by atoms with van der Waals surface area (Å²) in [4.78, 5) is 5.15. The molecule has 2 aromatic carbocycles. The molecule has 0 saturated carbocycles. The van der Waals surface area contributed by atoms with Crippen molar-refractivity contribution in [2.24, 2.45) is 4.99 Å². The normalized spacial score (nSPS) is 11.3. The number of nitrogens with one attached hydrogen (secondary N) is 2. The Hall–Kier alpha value is -2.08. The van der Waals surface area contributed by atoms with Gasteiger partial charge in [0.2, 0.25) is 0 Å². The fraction of sp³-hybridized carbons (Fsp3) is 0.235. The van der Waals surface area contributed by atoms with E-state index in [0.717, 1.165) is 16.2 Å². The van der Waals surface area contributed by atoms with Gasteiger partial charge >= 0.3 is 0 Å². The first-order chi connectivity index (χ1) is 11.2. The first-order valence-corrected chi connectivity index (χ1v) is 8.23. The van der Waals surface area contributed by atoms with Crippen molar-refractivity contribution in [1.82, 2.24) is 10.6 Å². The Morgan fingerprint density at radius 3 is 2.52 bits per heavy atom. The van der Waals surface area contributed by atoms with Crippen LogP contribution < -0.4 is 10.6 Å². The summed E-state index contributed by atoms with van der Waals surface area (Å²) in [6, 6.07) is 12.9. The molecule has 3 nitrogen and oxygen atoms in total. The summed E-state index contributed by atoms with van der Waals surface area (Å²) in [5, 5.41) is 6.32. The summed E-state index contributed by atoms with van der Waals surface area (Å²) >= 11 is 1.64. The average Bonchev–Trinajstić information content (AvgIpc) is 2.56. The van der Waals surface area contributed by atoms with Gasteiger partial charge in [-0.3, -0.25) is 4.99 Å². The van der Waals surface area contributed by atoms with E-state index < -0.39 is 0 Å². The van der Waals surface area contributed by atoms with Gasteiger partial charge in [0, 0.05) is 30.8 Å². The van der Waals surface area contributed by atoms with Crippen LogP contribution in [-0.4, -0.2) is 25.3 Å². The number of rotatable bonds is 6. The molecule has 0 aromatic heterocycles. The van der Waals surface area contributed by atoms with Crippen molar-refractivity contribution in [2.45, 2.75) is 11.4 Å². The van der Waals surface area contributed by atoms with E-state index in [1.165, 1.54) is 24.3 Å². The predicted octanol–water partition coefficient (Wildman–Crippen LogP) is 3.42. The molecule has 6 heteroatoms. The van der Waals surface area contributed by atoms with Gasteiger partial charge in [0.25, 0.3) is 0 Å². The molecule has 0 radical (unpaired) electrons. The highest BCUT2D eigenvalue weighted by atomic mass is 32.2. The Bertz CT molecular complexity index is 645. The van der Waals surface area contributed by atoms with Crippen LogP contribution in [0.15, 0.2) is 58.4 Å². The van der Waals surface area contributed by atoms with E-state index in [4.69, 9.17) is 0 Å². The van der Waals surface area contributed by atoms with Crippen molar-refractivity contribution in [3.63, 3.8) is 0 Å². The first kappa shape index (κ1) is 17.3. The molecule has 0 bridgehead atoms. The van der Waals surface area contributed by atoms with Crippen LogP contribution in [0.3, 0.4) is 0 Å². The minimum absolute atomic E-state index is 0.227. The van der Waals surface area contributed by atoms with Gasteiger partial charge in [0.05, 0.1) is 0 Å². The fourth-order valence-electron chi connectivity index (χ4n) is 1.92. The molecule has 2 aromatic rings. The maximum atomic E-state index is 13.1. The molecule has 23 heavy (non-hydrogen) atoms. The number of halogens is 2. The largest absolute Gasteiger partial charge is 0.356 e. The maximum Gasteiger partial charge on any atom is 0.191 e.